The zero-order chi connectivity index (χ0) is 19.1. The Hall–Kier alpha value is -2.70. The van der Waals surface area contributed by atoms with E-state index in [2.05, 4.69) is 15.5 Å². The number of hydrogen-bond acceptors (Lipinski definition) is 4. The molecule has 2 amide bonds. The van der Waals surface area contributed by atoms with E-state index in [1.54, 1.807) is 30.3 Å². The first kappa shape index (κ1) is 19.1. The molecule has 0 aliphatic carbocycles. The first-order valence-corrected chi connectivity index (χ1v) is 9.37. The second-order valence-corrected chi connectivity index (χ2v) is 6.73. The van der Waals surface area contributed by atoms with Crippen molar-refractivity contribution in [3.63, 3.8) is 0 Å². The van der Waals surface area contributed by atoms with Crippen molar-refractivity contribution in [2.24, 2.45) is 5.73 Å². The largest absolute Gasteiger partial charge is 0.351 e. The Bertz CT molecular complexity index is 800. The van der Waals surface area contributed by atoms with Crippen molar-refractivity contribution in [1.82, 2.24) is 10.2 Å². The third-order valence-electron chi connectivity index (χ3n) is 4.64. The van der Waals surface area contributed by atoms with E-state index in [0.29, 0.717) is 29.9 Å². The molecule has 0 radical (unpaired) electrons. The highest BCUT2D eigenvalue weighted by Gasteiger charge is 2.15. The number of anilines is 1. The van der Waals surface area contributed by atoms with E-state index in [-0.39, 0.29) is 11.8 Å². The molecule has 1 aliphatic heterocycles. The molecule has 1 aliphatic rings. The summed E-state index contributed by atoms with van der Waals surface area (Å²) >= 11 is 0. The van der Waals surface area contributed by atoms with Crippen molar-refractivity contribution in [2.75, 3.05) is 31.5 Å². The van der Waals surface area contributed by atoms with Crippen LogP contribution in [0.5, 0.6) is 0 Å². The molecular formula is C21H26N4O2. The Kier molecular flexibility index (Phi) is 6.57. The van der Waals surface area contributed by atoms with Gasteiger partial charge >= 0.3 is 0 Å². The highest BCUT2D eigenvalue weighted by Crippen LogP contribution is 2.18. The zero-order valence-electron chi connectivity index (χ0n) is 15.4. The van der Waals surface area contributed by atoms with Crippen LogP contribution < -0.4 is 16.4 Å². The minimum Gasteiger partial charge on any atom is -0.351 e. The van der Waals surface area contributed by atoms with Crippen LogP contribution in [-0.2, 0) is 6.54 Å². The van der Waals surface area contributed by atoms with Gasteiger partial charge in [-0.3, -0.25) is 14.5 Å². The number of hydrogen-bond donors (Lipinski definition) is 3. The maximum Gasteiger partial charge on any atom is 0.255 e. The summed E-state index contributed by atoms with van der Waals surface area (Å²) in [6.07, 6.45) is 2.48. The zero-order valence-corrected chi connectivity index (χ0v) is 15.4. The third-order valence-corrected chi connectivity index (χ3v) is 4.64. The summed E-state index contributed by atoms with van der Waals surface area (Å²) in [5.41, 5.74) is 8.06. The van der Waals surface area contributed by atoms with Gasteiger partial charge in [-0.2, -0.15) is 0 Å². The molecule has 1 saturated heterocycles. The van der Waals surface area contributed by atoms with Crippen LogP contribution in [0.4, 0.5) is 5.69 Å². The predicted octanol–water partition coefficient (Wildman–Crippen LogP) is 2.22. The maximum atomic E-state index is 12.7. The highest BCUT2D eigenvalue weighted by atomic mass is 16.2. The summed E-state index contributed by atoms with van der Waals surface area (Å²) in [5, 5.41) is 5.59. The van der Waals surface area contributed by atoms with Gasteiger partial charge in [-0.25, -0.2) is 0 Å². The van der Waals surface area contributed by atoms with Crippen LogP contribution in [-0.4, -0.2) is 42.9 Å². The van der Waals surface area contributed by atoms with Crippen LogP contribution in [0.3, 0.4) is 0 Å². The number of likely N-dealkylation sites (tertiary alicyclic amines) is 1. The Morgan fingerprint density at radius 1 is 1.00 bits per heavy atom. The van der Waals surface area contributed by atoms with Crippen LogP contribution in [0, 0.1) is 0 Å². The first-order chi connectivity index (χ1) is 13.2. The topological polar surface area (TPSA) is 87.5 Å². The van der Waals surface area contributed by atoms with Gasteiger partial charge in [0.15, 0.2) is 0 Å². The lowest BCUT2D eigenvalue weighted by molar-refractivity contribution is 0.0955. The molecule has 0 spiro atoms. The smallest absolute Gasteiger partial charge is 0.255 e. The van der Waals surface area contributed by atoms with Gasteiger partial charge in [-0.05, 0) is 55.8 Å². The summed E-state index contributed by atoms with van der Waals surface area (Å²) in [6, 6.07) is 14.6. The molecule has 2 aromatic carbocycles. The van der Waals surface area contributed by atoms with Crippen LogP contribution in [0.15, 0.2) is 48.5 Å². The number of para-hydroxylation sites is 1. The van der Waals surface area contributed by atoms with E-state index in [0.717, 1.165) is 25.2 Å². The molecule has 6 nitrogen and oxygen atoms in total. The van der Waals surface area contributed by atoms with Crippen molar-refractivity contribution >= 4 is 17.5 Å². The van der Waals surface area contributed by atoms with Gasteiger partial charge in [0.2, 0.25) is 0 Å². The number of nitrogens with two attached hydrogens (primary N) is 1. The van der Waals surface area contributed by atoms with Gasteiger partial charge in [-0.1, -0.05) is 24.3 Å². The number of nitrogens with one attached hydrogen (secondary N) is 2. The number of benzene rings is 2. The third kappa shape index (κ3) is 5.15. The van der Waals surface area contributed by atoms with Gasteiger partial charge in [0.25, 0.3) is 11.8 Å². The van der Waals surface area contributed by atoms with Crippen LogP contribution >= 0.6 is 0 Å². The molecule has 142 valence electrons. The summed E-state index contributed by atoms with van der Waals surface area (Å²) in [5.74, 6) is -0.475. The number of nitrogens with zero attached hydrogens (tertiary/aromatic N) is 1. The summed E-state index contributed by atoms with van der Waals surface area (Å²) in [7, 11) is 0. The van der Waals surface area contributed by atoms with E-state index in [1.165, 1.54) is 12.8 Å². The molecular weight excluding hydrogens is 340 g/mol. The van der Waals surface area contributed by atoms with Gasteiger partial charge in [0.05, 0.1) is 11.3 Å². The van der Waals surface area contributed by atoms with E-state index in [4.69, 9.17) is 5.73 Å². The summed E-state index contributed by atoms with van der Waals surface area (Å²) in [6.45, 7) is 3.84. The number of carbonyl (C=O) groups is 2. The SMILES string of the molecule is NCCNC(=O)c1ccccc1NC(=O)c1cccc(CN2CCCC2)c1. The van der Waals surface area contributed by atoms with Crippen molar-refractivity contribution in [1.29, 1.82) is 0 Å². The quantitative estimate of drug-likeness (QED) is 0.701. The van der Waals surface area contributed by atoms with Crippen molar-refractivity contribution in [3.8, 4) is 0 Å². The Morgan fingerprint density at radius 3 is 2.56 bits per heavy atom. The molecule has 0 unspecified atom stereocenters. The molecule has 0 bridgehead atoms. The summed E-state index contributed by atoms with van der Waals surface area (Å²) < 4.78 is 0. The monoisotopic (exact) mass is 366 g/mol. The molecule has 27 heavy (non-hydrogen) atoms. The van der Waals surface area contributed by atoms with Crippen molar-refractivity contribution in [3.05, 3.63) is 65.2 Å². The Labute approximate surface area is 159 Å². The van der Waals surface area contributed by atoms with Gasteiger partial charge < -0.3 is 16.4 Å². The fourth-order valence-electron chi connectivity index (χ4n) is 3.28. The average molecular weight is 366 g/mol. The summed E-state index contributed by atoms with van der Waals surface area (Å²) in [4.78, 5) is 27.4. The molecule has 0 saturated carbocycles. The molecule has 3 rings (SSSR count). The average Bonchev–Trinajstić information content (AvgIpc) is 3.19. The van der Waals surface area contributed by atoms with Crippen molar-refractivity contribution < 1.29 is 9.59 Å². The molecule has 1 fully saturated rings. The molecule has 4 N–H and O–H groups in total. The molecule has 0 aromatic heterocycles. The molecule has 0 atom stereocenters. The maximum absolute atomic E-state index is 12.7. The Morgan fingerprint density at radius 2 is 1.78 bits per heavy atom. The fourth-order valence-corrected chi connectivity index (χ4v) is 3.28. The van der Waals surface area contributed by atoms with Crippen LogP contribution in [0.2, 0.25) is 0 Å². The molecule has 2 aromatic rings. The number of amides is 2. The van der Waals surface area contributed by atoms with Crippen molar-refractivity contribution in [2.45, 2.75) is 19.4 Å². The lowest BCUT2D eigenvalue weighted by Gasteiger charge is -2.15. The van der Waals surface area contributed by atoms with Crippen LogP contribution in [0.25, 0.3) is 0 Å². The van der Waals surface area contributed by atoms with E-state index in [9.17, 15) is 9.59 Å². The normalized spacial score (nSPS) is 14.1. The number of rotatable bonds is 7. The fraction of sp³-hybridized carbons (Fsp3) is 0.333. The van der Waals surface area contributed by atoms with Crippen LogP contribution in [0.1, 0.15) is 39.1 Å². The van der Waals surface area contributed by atoms with Gasteiger partial charge in [0, 0.05) is 25.2 Å². The van der Waals surface area contributed by atoms with Gasteiger partial charge in [0.1, 0.15) is 0 Å². The Balaban J connectivity index is 1.71. The minimum absolute atomic E-state index is 0.225. The van der Waals surface area contributed by atoms with E-state index < -0.39 is 0 Å². The first-order valence-electron chi connectivity index (χ1n) is 9.37. The lowest BCUT2D eigenvalue weighted by atomic mass is 10.1. The second-order valence-electron chi connectivity index (χ2n) is 6.73. The predicted molar refractivity (Wildman–Crippen MR) is 107 cm³/mol. The lowest BCUT2D eigenvalue weighted by Crippen LogP contribution is -2.30. The minimum atomic E-state index is -0.251. The van der Waals surface area contributed by atoms with Gasteiger partial charge in [-0.15, -0.1) is 0 Å². The standard InChI is InChI=1S/C21H26N4O2/c22-10-11-23-21(27)18-8-1-2-9-19(18)24-20(26)17-7-5-6-16(14-17)15-25-12-3-4-13-25/h1-2,5-9,14H,3-4,10-13,15,22H2,(H,23,27)(H,24,26). The molecule has 6 heteroatoms. The second kappa shape index (κ2) is 9.30. The highest BCUT2D eigenvalue weighted by molar-refractivity contribution is 6.09. The number of carbonyl (C=O) groups excluding carboxylic acids is 2. The molecule has 1 heterocycles. The van der Waals surface area contributed by atoms with E-state index >= 15 is 0 Å². The van der Waals surface area contributed by atoms with E-state index in [1.807, 2.05) is 18.2 Å².